The molecule has 3 N–H and O–H groups in total. The summed E-state index contributed by atoms with van der Waals surface area (Å²) in [5.41, 5.74) is 3.28. The minimum absolute atomic E-state index is 0.0651. The highest BCUT2D eigenvalue weighted by molar-refractivity contribution is 6.02. The number of amides is 1. The zero-order valence-corrected chi connectivity index (χ0v) is 12.8. The Hall–Kier alpha value is -3.18. The lowest BCUT2D eigenvalue weighted by Crippen LogP contribution is -2.25. The van der Waals surface area contributed by atoms with Gasteiger partial charge in [-0.2, -0.15) is 5.10 Å². The van der Waals surface area contributed by atoms with Gasteiger partial charge >= 0.3 is 0 Å². The third kappa shape index (κ3) is 3.26. The van der Waals surface area contributed by atoms with Crippen LogP contribution in [0.4, 0.5) is 0 Å². The molecule has 24 heavy (non-hydrogen) atoms. The van der Waals surface area contributed by atoms with Crippen molar-refractivity contribution < 1.29 is 15.0 Å². The van der Waals surface area contributed by atoms with E-state index >= 15 is 0 Å². The van der Waals surface area contributed by atoms with Gasteiger partial charge in [0.05, 0.1) is 6.21 Å². The van der Waals surface area contributed by atoms with Crippen LogP contribution in [0, 0.1) is 0 Å². The molecule has 120 valence electrons. The summed E-state index contributed by atoms with van der Waals surface area (Å²) in [5, 5.41) is 25.6. The van der Waals surface area contributed by atoms with E-state index in [-0.39, 0.29) is 5.75 Å². The average Bonchev–Trinajstić information content (AvgIpc) is 2.63. The molecule has 0 aromatic heterocycles. The van der Waals surface area contributed by atoms with Crippen molar-refractivity contribution in [3.63, 3.8) is 0 Å². The molecule has 1 amide bonds. The van der Waals surface area contributed by atoms with Crippen LogP contribution >= 0.6 is 0 Å². The largest absolute Gasteiger partial charge is 0.507 e. The molecule has 0 heterocycles. The number of carbonyl (C=O) groups excluding carboxylic acids is 1. The second-order valence-corrected chi connectivity index (χ2v) is 5.27. The molecule has 0 spiro atoms. The van der Waals surface area contributed by atoms with Gasteiger partial charge in [-0.3, -0.25) is 4.79 Å². The predicted molar refractivity (Wildman–Crippen MR) is 92.8 cm³/mol. The Labute approximate surface area is 138 Å². The number of hydrogen-bond acceptors (Lipinski definition) is 4. The number of aliphatic hydroxyl groups excluding tert-OH is 1. The van der Waals surface area contributed by atoms with Crippen LogP contribution in [-0.4, -0.2) is 22.3 Å². The quantitative estimate of drug-likeness (QED) is 0.510. The Morgan fingerprint density at radius 1 is 1.00 bits per heavy atom. The van der Waals surface area contributed by atoms with E-state index in [9.17, 15) is 15.0 Å². The van der Waals surface area contributed by atoms with E-state index in [1.165, 1.54) is 6.21 Å². The number of aromatic hydroxyl groups is 1. The molecular weight excluding hydrogens is 304 g/mol. The number of hydrazone groups is 1. The summed E-state index contributed by atoms with van der Waals surface area (Å²) >= 11 is 0. The first-order chi connectivity index (χ1) is 11.7. The van der Waals surface area contributed by atoms with Crippen LogP contribution in [0.2, 0.25) is 0 Å². The van der Waals surface area contributed by atoms with Crippen molar-refractivity contribution in [2.45, 2.75) is 6.10 Å². The summed E-state index contributed by atoms with van der Waals surface area (Å²) in [7, 11) is 0. The van der Waals surface area contributed by atoms with Crippen molar-refractivity contribution in [2.24, 2.45) is 5.10 Å². The van der Waals surface area contributed by atoms with E-state index in [0.29, 0.717) is 11.1 Å². The minimum Gasteiger partial charge on any atom is -0.507 e. The van der Waals surface area contributed by atoms with E-state index in [1.54, 1.807) is 42.5 Å². The Balaban J connectivity index is 1.77. The van der Waals surface area contributed by atoms with Gasteiger partial charge in [0.1, 0.15) is 5.75 Å². The molecule has 0 fully saturated rings. The average molecular weight is 320 g/mol. The number of rotatable bonds is 4. The minimum atomic E-state index is -1.30. The number of aliphatic hydroxyl groups is 1. The van der Waals surface area contributed by atoms with E-state index in [2.05, 4.69) is 10.5 Å². The molecular formula is C19H16N2O3. The van der Waals surface area contributed by atoms with Crippen molar-refractivity contribution in [3.05, 3.63) is 77.9 Å². The van der Waals surface area contributed by atoms with E-state index in [1.807, 2.05) is 24.3 Å². The highest BCUT2D eigenvalue weighted by atomic mass is 16.3. The van der Waals surface area contributed by atoms with Crippen molar-refractivity contribution >= 4 is 22.9 Å². The number of nitrogens with one attached hydrogen (secondary N) is 1. The van der Waals surface area contributed by atoms with Crippen LogP contribution in [0.1, 0.15) is 17.2 Å². The summed E-state index contributed by atoms with van der Waals surface area (Å²) < 4.78 is 0. The van der Waals surface area contributed by atoms with Crippen LogP contribution in [0.5, 0.6) is 5.75 Å². The first-order valence-corrected chi connectivity index (χ1v) is 7.43. The Morgan fingerprint density at radius 3 is 2.50 bits per heavy atom. The number of phenols is 1. The summed E-state index contributed by atoms with van der Waals surface area (Å²) in [6.45, 7) is 0. The lowest BCUT2D eigenvalue weighted by molar-refractivity contribution is -0.129. The highest BCUT2D eigenvalue weighted by Gasteiger charge is 2.16. The van der Waals surface area contributed by atoms with Crippen LogP contribution in [-0.2, 0) is 4.79 Å². The SMILES string of the molecule is O=C(N/N=C\c1c(O)ccc2ccccc12)[C@@H](O)c1ccccc1. The van der Waals surface area contributed by atoms with Crippen LogP contribution in [0.25, 0.3) is 10.8 Å². The molecule has 0 unspecified atom stereocenters. The number of hydrogen-bond donors (Lipinski definition) is 3. The maximum absolute atomic E-state index is 11.9. The maximum Gasteiger partial charge on any atom is 0.273 e. The molecule has 3 rings (SSSR count). The third-order valence-corrected chi connectivity index (χ3v) is 3.68. The number of nitrogens with zero attached hydrogens (tertiary/aromatic N) is 1. The second-order valence-electron chi connectivity index (χ2n) is 5.27. The Kier molecular flexibility index (Phi) is 4.54. The number of benzene rings is 3. The fourth-order valence-electron chi connectivity index (χ4n) is 2.43. The predicted octanol–water partition coefficient (Wildman–Crippen LogP) is 2.73. The fourth-order valence-corrected chi connectivity index (χ4v) is 2.43. The summed E-state index contributed by atoms with van der Waals surface area (Å²) in [4.78, 5) is 11.9. The number of phenolic OH excluding ortho intramolecular Hbond substituents is 1. The first kappa shape index (κ1) is 15.7. The second kappa shape index (κ2) is 6.93. The topological polar surface area (TPSA) is 81.9 Å². The van der Waals surface area contributed by atoms with Gasteiger partial charge in [0.2, 0.25) is 0 Å². The standard InChI is InChI=1S/C19H16N2O3/c22-17-11-10-13-6-4-5-9-15(13)16(17)12-20-21-19(24)18(23)14-7-2-1-3-8-14/h1-12,18,22-23H,(H,21,24)/b20-12-/t18-/m0/s1. The summed E-state index contributed by atoms with van der Waals surface area (Å²) in [5.74, 6) is -0.576. The monoisotopic (exact) mass is 320 g/mol. The normalized spacial score (nSPS) is 12.4. The van der Waals surface area contributed by atoms with E-state index in [0.717, 1.165) is 10.8 Å². The van der Waals surface area contributed by atoms with Gasteiger partial charge in [0.15, 0.2) is 6.10 Å². The molecule has 1 atom stereocenters. The van der Waals surface area contributed by atoms with Gasteiger partial charge in [0.25, 0.3) is 5.91 Å². The van der Waals surface area contributed by atoms with Gasteiger partial charge in [0, 0.05) is 5.56 Å². The molecule has 3 aromatic carbocycles. The molecule has 5 nitrogen and oxygen atoms in total. The zero-order valence-electron chi connectivity index (χ0n) is 12.8. The zero-order chi connectivity index (χ0) is 16.9. The third-order valence-electron chi connectivity index (χ3n) is 3.68. The van der Waals surface area contributed by atoms with Crippen LogP contribution < -0.4 is 5.43 Å². The molecule has 0 aliphatic heterocycles. The van der Waals surface area contributed by atoms with E-state index in [4.69, 9.17) is 0 Å². The van der Waals surface area contributed by atoms with Crippen molar-refractivity contribution in [1.82, 2.24) is 5.43 Å². The molecule has 0 aliphatic rings. The van der Waals surface area contributed by atoms with Crippen molar-refractivity contribution in [3.8, 4) is 5.75 Å². The van der Waals surface area contributed by atoms with Gasteiger partial charge in [-0.25, -0.2) is 5.43 Å². The molecule has 0 aliphatic carbocycles. The van der Waals surface area contributed by atoms with Gasteiger partial charge in [-0.05, 0) is 22.4 Å². The van der Waals surface area contributed by atoms with Crippen molar-refractivity contribution in [1.29, 1.82) is 0 Å². The molecule has 0 bridgehead atoms. The van der Waals surface area contributed by atoms with Crippen LogP contribution in [0.3, 0.4) is 0 Å². The molecule has 0 saturated carbocycles. The van der Waals surface area contributed by atoms with Crippen molar-refractivity contribution in [2.75, 3.05) is 0 Å². The smallest absolute Gasteiger partial charge is 0.273 e. The lowest BCUT2D eigenvalue weighted by atomic mass is 10.0. The lowest BCUT2D eigenvalue weighted by Gasteiger charge is -2.09. The molecule has 0 saturated heterocycles. The summed E-state index contributed by atoms with van der Waals surface area (Å²) in [6, 6.07) is 19.5. The Morgan fingerprint density at radius 2 is 1.71 bits per heavy atom. The number of fused-ring (bicyclic) bond motifs is 1. The fraction of sp³-hybridized carbons (Fsp3) is 0.0526. The molecule has 3 aromatic rings. The van der Waals surface area contributed by atoms with Gasteiger partial charge < -0.3 is 10.2 Å². The highest BCUT2D eigenvalue weighted by Crippen LogP contribution is 2.25. The molecule has 0 radical (unpaired) electrons. The summed E-state index contributed by atoms with van der Waals surface area (Å²) in [6.07, 6.45) is 0.0669. The Bertz CT molecular complexity index is 892. The van der Waals surface area contributed by atoms with Gasteiger partial charge in [-0.1, -0.05) is 60.7 Å². The first-order valence-electron chi connectivity index (χ1n) is 7.43. The molecule has 5 heteroatoms. The van der Waals surface area contributed by atoms with Crippen LogP contribution in [0.15, 0.2) is 71.8 Å². The van der Waals surface area contributed by atoms with Gasteiger partial charge in [-0.15, -0.1) is 0 Å². The van der Waals surface area contributed by atoms with E-state index < -0.39 is 12.0 Å². The number of carbonyl (C=O) groups is 1. The maximum atomic E-state index is 11.9.